The summed E-state index contributed by atoms with van der Waals surface area (Å²) in [5.74, 6) is 0.345. The van der Waals surface area contributed by atoms with Gasteiger partial charge >= 0.3 is 0 Å². The lowest BCUT2D eigenvalue weighted by atomic mass is 9.98. The van der Waals surface area contributed by atoms with Gasteiger partial charge in [-0.1, -0.05) is 25.5 Å². The van der Waals surface area contributed by atoms with Crippen LogP contribution >= 0.6 is 0 Å². The summed E-state index contributed by atoms with van der Waals surface area (Å²) in [7, 11) is 1.55. The molecule has 4 nitrogen and oxygen atoms in total. The summed E-state index contributed by atoms with van der Waals surface area (Å²) in [5.41, 5.74) is 0.508. The molecule has 4 heteroatoms. The van der Waals surface area contributed by atoms with E-state index in [9.17, 15) is 15.0 Å². The number of hydrogen-bond acceptors (Lipinski definition) is 4. The second kappa shape index (κ2) is 7.13. The molecule has 0 aliphatic heterocycles. The summed E-state index contributed by atoms with van der Waals surface area (Å²) in [4.78, 5) is 11.6. The van der Waals surface area contributed by atoms with Crippen LogP contribution in [0.15, 0.2) is 24.3 Å². The quantitative estimate of drug-likeness (QED) is 0.777. The minimum Gasteiger partial charge on any atom is -0.497 e. The van der Waals surface area contributed by atoms with Crippen molar-refractivity contribution in [2.24, 2.45) is 0 Å². The predicted molar refractivity (Wildman–Crippen MR) is 68.5 cm³/mol. The molecule has 1 rings (SSSR count). The molecule has 2 unspecified atom stereocenters. The number of ether oxygens (including phenoxy) is 1. The maximum Gasteiger partial charge on any atom is 0.164 e. The van der Waals surface area contributed by atoms with Gasteiger partial charge in [0, 0.05) is 6.42 Å². The second-order valence-electron chi connectivity index (χ2n) is 4.23. The topological polar surface area (TPSA) is 66.8 Å². The number of unbranched alkanes of at least 4 members (excludes halogenated alkanes) is 1. The molecule has 1 aromatic rings. The summed E-state index contributed by atoms with van der Waals surface area (Å²) in [5, 5.41) is 19.7. The molecule has 0 amide bonds. The van der Waals surface area contributed by atoms with E-state index in [1.165, 1.54) is 0 Å². The normalized spacial score (nSPS) is 14.0. The van der Waals surface area contributed by atoms with Crippen LogP contribution in [0.1, 0.15) is 37.9 Å². The number of hydrogen-bond donors (Lipinski definition) is 2. The monoisotopic (exact) mass is 252 g/mol. The van der Waals surface area contributed by atoms with E-state index in [1.807, 2.05) is 6.92 Å². The van der Waals surface area contributed by atoms with Gasteiger partial charge in [-0.2, -0.15) is 0 Å². The van der Waals surface area contributed by atoms with Gasteiger partial charge in [0.05, 0.1) is 7.11 Å². The standard InChI is InChI=1S/C14H20O4/c1-3-4-5-12(15)14(17)13(16)10-6-8-11(18-2)9-7-10/h6-9,13-14,16-17H,3-5H2,1-2H3. The Balaban J connectivity index is 2.66. The van der Waals surface area contributed by atoms with Crippen LogP contribution in [-0.4, -0.2) is 29.2 Å². The summed E-state index contributed by atoms with van der Waals surface area (Å²) in [6, 6.07) is 6.64. The third-order valence-electron chi connectivity index (χ3n) is 2.86. The predicted octanol–water partition coefficient (Wildman–Crippen LogP) is 1.85. The van der Waals surface area contributed by atoms with Gasteiger partial charge in [0.15, 0.2) is 5.78 Å². The Morgan fingerprint density at radius 3 is 2.39 bits per heavy atom. The summed E-state index contributed by atoms with van der Waals surface area (Å²) < 4.78 is 5.00. The van der Waals surface area contributed by atoms with Crippen molar-refractivity contribution >= 4 is 5.78 Å². The minimum atomic E-state index is -1.36. The van der Waals surface area contributed by atoms with Crippen LogP contribution in [0.25, 0.3) is 0 Å². The van der Waals surface area contributed by atoms with Crippen molar-refractivity contribution in [3.63, 3.8) is 0 Å². The fourth-order valence-electron chi connectivity index (χ4n) is 1.66. The fraction of sp³-hybridized carbons (Fsp3) is 0.500. The Hall–Kier alpha value is -1.39. The van der Waals surface area contributed by atoms with E-state index in [4.69, 9.17) is 4.74 Å². The van der Waals surface area contributed by atoms with E-state index in [1.54, 1.807) is 31.4 Å². The third-order valence-corrected chi connectivity index (χ3v) is 2.86. The molecular formula is C14H20O4. The van der Waals surface area contributed by atoms with Gasteiger partial charge in [-0.3, -0.25) is 4.79 Å². The Bertz CT molecular complexity index is 372. The van der Waals surface area contributed by atoms with Crippen LogP contribution < -0.4 is 4.74 Å². The van der Waals surface area contributed by atoms with Crippen molar-refractivity contribution in [1.82, 2.24) is 0 Å². The van der Waals surface area contributed by atoms with E-state index in [0.29, 0.717) is 17.7 Å². The molecule has 100 valence electrons. The first-order valence-corrected chi connectivity index (χ1v) is 6.13. The lowest BCUT2D eigenvalue weighted by Crippen LogP contribution is -2.27. The largest absolute Gasteiger partial charge is 0.497 e. The zero-order valence-electron chi connectivity index (χ0n) is 10.8. The number of aliphatic hydroxyl groups excluding tert-OH is 2. The van der Waals surface area contributed by atoms with Crippen LogP contribution in [0.4, 0.5) is 0 Å². The highest BCUT2D eigenvalue weighted by molar-refractivity contribution is 5.83. The number of carbonyl (C=O) groups is 1. The van der Waals surface area contributed by atoms with Gasteiger partial charge in [0.25, 0.3) is 0 Å². The second-order valence-corrected chi connectivity index (χ2v) is 4.23. The highest BCUT2D eigenvalue weighted by Crippen LogP contribution is 2.21. The molecule has 0 aliphatic rings. The molecule has 18 heavy (non-hydrogen) atoms. The number of benzene rings is 1. The molecular weight excluding hydrogens is 232 g/mol. The lowest BCUT2D eigenvalue weighted by molar-refractivity contribution is -0.133. The first kappa shape index (κ1) is 14.7. The first-order valence-electron chi connectivity index (χ1n) is 6.13. The molecule has 2 atom stereocenters. The molecule has 0 saturated heterocycles. The summed E-state index contributed by atoms with van der Waals surface area (Å²) >= 11 is 0. The Kier molecular flexibility index (Phi) is 5.82. The highest BCUT2D eigenvalue weighted by atomic mass is 16.5. The number of ketones is 1. The molecule has 0 bridgehead atoms. The maximum absolute atomic E-state index is 11.6. The van der Waals surface area contributed by atoms with E-state index in [0.717, 1.165) is 12.8 Å². The molecule has 0 heterocycles. The van der Waals surface area contributed by atoms with Gasteiger partial charge in [0.2, 0.25) is 0 Å². The zero-order chi connectivity index (χ0) is 13.5. The van der Waals surface area contributed by atoms with Crippen molar-refractivity contribution < 1.29 is 19.7 Å². The smallest absolute Gasteiger partial charge is 0.164 e. The van der Waals surface area contributed by atoms with Gasteiger partial charge in [-0.15, -0.1) is 0 Å². The average molecular weight is 252 g/mol. The molecule has 0 saturated carbocycles. The highest BCUT2D eigenvalue weighted by Gasteiger charge is 2.24. The van der Waals surface area contributed by atoms with Crippen molar-refractivity contribution in [3.05, 3.63) is 29.8 Å². The van der Waals surface area contributed by atoms with Gasteiger partial charge < -0.3 is 14.9 Å². The Morgan fingerprint density at radius 1 is 1.28 bits per heavy atom. The van der Waals surface area contributed by atoms with Crippen LogP contribution in [0.5, 0.6) is 5.75 Å². The first-order chi connectivity index (χ1) is 8.60. The minimum absolute atomic E-state index is 0.297. The lowest BCUT2D eigenvalue weighted by Gasteiger charge is -2.17. The van der Waals surface area contributed by atoms with Gasteiger partial charge in [-0.05, 0) is 24.1 Å². The SMILES string of the molecule is CCCCC(=O)C(O)C(O)c1ccc(OC)cc1. The van der Waals surface area contributed by atoms with E-state index in [2.05, 4.69) is 0 Å². The Morgan fingerprint density at radius 2 is 1.89 bits per heavy atom. The number of rotatable bonds is 7. The van der Waals surface area contributed by atoms with Crippen molar-refractivity contribution in [3.8, 4) is 5.75 Å². The molecule has 0 spiro atoms. The molecule has 0 aromatic heterocycles. The number of methoxy groups -OCH3 is 1. The van der Waals surface area contributed by atoms with E-state index in [-0.39, 0.29) is 5.78 Å². The molecule has 0 radical (unpaired) electrons. The number of aliphatic hydroxyl groups is 2. The van der Waals surface area contributed by atoms with Crippen LogP contribution in [-0.2, 0) is 4.79 Å². The van der Waals surface area contributed by atoms with Crippen molar-refractivity contribution in [1.29, 1.82) is 0 Å². The van der Waals surface area contributed by atoms with Gasteiger partial charge in [-0.25, -0.2) is 0 Å². The summed E-state index contributed by atoms with van der Waals surface area (Å²) in [6.07, 6.45) is -0.627. The van der Waals surface area contributed by atoms with Crippen LogP contribution in [0.2, 0.25) is 0 Å². The average Bonchev–Trinajstić information content (AvgIpc) is 2.43. The number of carbonyl (C=O) groups excluding carboxylic acids is 1. The molecule has 0 fully saturated rings. The fourth-order valence-corrected chi connectivity index (χ4v) is 1.66. The van der Waals surface area contributed by atoms with Gasteiger partial charge in [0.1, 0.15) is 18.0 Å². The van der Waals surface area contributed by atoms with Crippen molar-refractivity contribution in [2.75, 3.05) is 7.11 Å². The van der Waals surface area contributed by atoms with Crippen molar-refractivity contribution in [2.45, 2.75) is 38.4 Å². The molecule has 2 N–H and O–H groups in total. The Labute approximate surface area is 107 Å². The van der Waals surface area contributed by atoms with E-state index < -0.39 is 12.2 Å². The summed E-state index contributed by atoms with van der Waals surface area (Å²) in [6.45, 7) is 1.97. The third kappa shape index (κ3) is 3.82. The van der Waals surface area contributed by atoms with E-state index >= 15 is 0 Å². The zero-order valence-corrected chi connectivity index (χ0v) is 10.8. The number of Topliss-reactive ketones (excluding diaryl/α,β-unsaturated/α-hetero) is 1. The molecule has 1 aromatic carbocycles. The maximum atomic E-state index is 11.6. The van der Waals surface area contributed by atoms with Crippen LogP contribution in [0, 0.1) is 0 Å². The molecule has 0 aliphatic carbocycles. The van der Waals surface area contributed by atoms with Crippen LogP contribution in [0.3, 0.4) is 0 Å².